The first-order valence-corrected chi connectivity index (χ1v) is 6.41. The summed E-state index contributed by atoms with van der Waals surface area (Å²) in [5.41, 5.74) is 2.01. The first kappa shape index (κ1) is 15.9. The van der Waals surface area contributed by atoms with Gasteiger partial charge < -0.3 is 0 Å². The number of benzene rings is 1. The molecule has 0 saturated carbocycles. The van der Waals surface area contributed by atoms with Crippen LogP contribution in [0.25, 0.3) is 11.6 Å². The maximum Gasteiger partial charge on any atom is 0.126 e. The highest BCUT2D eigenvalue weighted by Crippen LogP contribution is 2.08. The third-order valence-corrected chi connectivity index (χ3v) is 3.00. The summed E-state index contributed by atoms with van der Waals surface area (Å²) in [6, 6.07) is 3.39. The molecule has 0 radical (unpaired) electrons. The van der Waals surface area contributed by atoms with Crippen molar-refractivity contribution in [3.8, 4) is 0 Å². The molecule has 0 N–H and O–H groups in total. The second-order valence-corrected chi connectivity index (χ2v) is 4.26. The van der Waals surface area contributed by atoms with Crippen LogP contribution in [0.5, 0.6) is 0 Å². The van der Waals surface area contributed by atoms with Gasteiger partial charge in [0.2, 0.25) is 0 Å². The smallest absolute Gasteiger partial charge is 0.126 e. The van der Waals surface area contributed by atoms with Crippen LogP contribution >= 0.6 is 0 Å². The lowest BCUT2D eigenvalue weighted by molar-refractivity contribution is 0.615. The molecular formula is C16H25F. The first-order valence-electron chi connectivity index (χ1n) is 6.41. The molecule has 0 bridgehead atoms. The Bertz CT molecular complexity index is 467. The lowest BCUT2D eigenvalue weighted by Crippen LogP contribution is -2.31. The van der Waals surface area contributed by atoms with E-state index in [2.05, 4.69) is 20.8 Å². The predicted molar refractivity (Wildman–Crippen MR) is 75.8 cm³/mol. The Morgan fingerprint density at radius 1 is 1.24 bits per heavy atom. The van der Waals surface area contributed by atoms with Gasteiger partial charge in [0.05, 0.1) is 0 Å². The van der Waals surface area contributed by atoms with Gasteiger partial charge in [-0.2, -0.15) is 0 Å². The molecule has 0 fully saturated rings. The summed E-state index contributed by atoms with van der Waals surface area (Å²) >= 11 is 0. The van der Waals surface area contributed by atoms with E-state index in [0.717, 1.165) is 16.0 Å². The topological polar surface area (TPSA) is 0 Å². The Morgan fingerprint density at radius 3 is 2.18 bits per heavy atom. The molecule has 0 aliphatic rings. The van der Waals surface area contributed by atoms with Crippen LogP contribution in [-0.2, 0) is 0 Å². The first-order chi connectivity index (χ1) is 7.99. The minimum absolute atomic E-state index is 0.115. The van der Waals surface area contributed by atoms with E-state index in [1.807, 2.05) is 39.8 Å². The van der Waals surface area contributed by atoms with Gasteiger partial charge in [0.1, 0.15) is 5.82 Å². The fourth-order valence-corrected chi connectivity index (χ4v) is 1.76. The number of hydrogen-bond donors (Lipinski definition) is 0. The molecule has 0 aliphatic heterocycles. The van der Waals surface area contributed by atoms with Crippen LogP contribution in [-0.4, -0.2) is 0 Å². The van der Waals surface area contributed by atoms with E-state index in [9.17, 15) is 4.39 Å². The number of halogens is 1. The Hall–Kier alpha value is -1.11. The minimum Gasteiger partial charge on any atom is -0.207 e. The molecule has 0 aliphatic carbocycles. The molecule has 0 spiro atoms. The number of hydrogen-bond acceptors (Lipinski definition) is 0. The lowest BCUT2D eigenvalue weighted by atomic mass is 9.98. The lowest BCUT2D eigenvalue weighted by Gasteiger charge is -2.08. The van der Waals surface area contributed by atoms with Crippen LogP contribution in [0.1, 0.15) is 47.1 Å². The summed E-state index contributed by atoms with van der Waals surface area (Å²) in [6.07, 6.45) is 2.04. The predicted octanol–water partition coefficient (Wildman–Crippen LogP) is 3.79. The second kappa shape index (κ2) is 7.26. The Balaban J connectivity index is 0.00000121. The molecule has 0 unspecified atom stereocenters. The average Bonchev–Trinajstić information content (AvgIpc) is 2.34. The molecule has 0 atom stereocenters. The van der Waals surface area contributed by atoms with Crippen molar-refractivity contribution in [1.29, 1.82) is 0 Å². The molecule has 0 amide bonds. The van der Waals surface area contributed by atoms with Crippen molar-refractivity contribution in [2.75, 3.05) is 0 Å². The maximum atomic E-state index is 13.5. The van der Waals surface area contributed by atoms with E-state index in [0.29, 0.717) is 5.92 Å². The molecule has 17 heavy (non-hydrogen) atoms. The van der Waals surface area contributed by atoms with Crippen LogP contribution in [0.15, 0.2) is 12.1 Å². The minimum atomic E-state index is -0.115. The molecule has 0 saturated heterocycles. The van der Waals surface area contributed by atoms with Crippen molar-refractivity contribution in [2.45, 2.75) is 48.5 Å². The van der Waals surface area contributed by atoms with Gasteiger partial charge in [0.25, 0.3) is 0 Å². The van der Waals surface area contributed by atoms with Crippen LogP contribution < -0.4 is 10.4 Å². The van der Waals surface area contributed by atoms with Crippen molar-refractivity contribution in [1.82, 2.24) is 0 Å². The van der Waals surface area contributed by atoms with Crippen molar-refractivity contribution in [2.24, 2.45) is 5.92 Å². The fourth-order valence-electron chi connectivity index (χ4n) is 1.76. The highest BCUT2D eigenvalue weighted by molar-refractivity contribution is 5.48. The van der Waals surface area contributed by atoms with Crippen LogP contribution in [0, 0.1) is 18.7 Å². The normalized spacial score (nSPS) is 13.4. The summed E-state index contributed by atoms with van der Waals surface area (Å²) in [5, 5.41) is 2.20. The van der Waals surface area contributed by atoms with E-state index in [1.54, 1.807) is 6.07 Å². The van der Waals surface area contributed by atoms with Gasteiger partial charge in [-0.15, -0.1) is 0 Å². The largest absolute Gasteiger partial charge is 0.207 e. The van der Waals surface area contributed by atoms with Crippen LogP contribution in [0.2, 0.25) is 0 Å². The Labute approximate surface area is 105 Å². The van der Waals surface area contributed by atoms with Gasteiger partial charge in [-0.3, -0.25) is 0 Å². The van der Waals surface area contributed by atoms with E-state index in [1.165, 1.54) is 5.57 Å². The molecule has 0 nitrogen and oxygen atoms in total. The summed E-state index contributed by atoms with van der Waals surface area (Å²) < 4.78 is 13.5. The third kappa shape index (κ3) is 3.69. The van der Waals surface area contributed by atoms with Gasteiger partial charge in [-0.05, 0) is 48.8 Å². The zero-order valence-electron chi connectivity index (χ0n) is 12.2. The van der Waals surface area contributed by atoms with Gasteiger partial charge in [0, 0.05) is 0 Å². The number of rotatable bonds is 1. The van der Waals surface area contributed by atoms with Crippen molar-refractivity contribution in [3.63, 3.8) is 0 Å². The molecule has 1 rings (SSSR count). The van der Waals surface area contributed by atoms with E-state index in [-0.39, 0.29) is 5.82 Å². The molecule has 0 aromatic heterocycles. The molecular weight excluding hydrogens is 211 g/mol. The van der Waals surface area contributed by atoms with E-state index < -0.39 is 0 Å². The quantitative estimate of drug-likeness (QED) is 0.696. The van der Waals surface area contributed by atoms with Gasteiger partial charge in [-0.1, -0.05) is 45.4 Å². The van der Waals surface area contributed by atoms with Gasteiger partial charge in [-0.25, -0.2) is 4.39 Å². The Kier molecular flexibility index (Phi) is 6.79. The second-order valence-electron chi connectivity index (χ2n) is 4.26. The van der Waals surface area contributed by atoms with Crippen molar-refractivity contribution < 1.29 is 4.39 Å². The van der Waals surface area contributed by atoms with Gasteiger partial charge >= 0.3 is 0 Å². The van der Waals surface area contributed by atoms with E-state index >= 15 is 0 Å². The SMILES string of the molecule is C/C=c1/ccc(F)c(C)/c1=C(/C)C(C)C.CC. The molecule has 1 aromatic carbocycles. The molecule has 1 aromatic rings. The third-order valence-electron chi connectivity index (χ3n) is 3.00. The van der Waals surface area contributed by atoms with Crippen molar-refractivity contribution >= 4 is 11.6 Å². The standard InChI is InChI=1S/C14H19F.C2H6/c1-6-12-7-8-13(15)11(5)14(12)10(4)9(2)3;1-2/h6-9H,1-5H3;1-2H3/b12-6-,14-10+;. The zero-order chi connectivity index (χ0) is 13.6. The zero-order valence-corrected chi connectivity index (χ0v) is 12.2. The summed E-state index contributed by atoms with van der Waals surface area (Å²) in [4.78, 5) is 0. The van der Waals surface area contributed by atoms with Gasteiger partial charge in [0.15, 0.2) is 0 Å². The summed E-state index contributed by atoms with van der Waals surface area (Å²) in [7, 11) is 0. The molecule has 0 heterocycles. The Morgan fingerprint density at radius 2 is 1.76 bits per heavy atom. The monoisotopic (exact) mass is 236 g/mol. The highest BCUT2D eigenvalue weighted by atomic mass is 19.1. The molecule has 1 heteroatoms. The fraction of sp³-hybridized carbons (Fsp3) is 0.500. The summed E-state index contributed by atoms with van der Waals surface area (Å²) in [6.45, 7) is 14.2. The maximum absolute atomic E-state index is 13.5. The molecule has 96 valence electrons. The van der Waals surface area contributed by atoms with Crippen LogP contribution in [0.3, 0.4) is 0 Å². The van der Waals surface area contributed by atoms with Crippen molar-refractivity contribution in [3.05, 3.63) is 34.0 Å². The highest BCUT2D eigenvalue weighted by Gasteiger charge is 2.04. The summed E-state index contributed by atoms with van der Waals surface area (Å²) in [5.74, 6) is 0.333. The van der Waals surface area contributed by atoms with Crippen LogP contribution in [0.4, 0.5) is 4.39 Å². The van der Waals surface area contributed by atoms with E-state index in [4.69, 9.17) is 0 Å². The average molecular weight is 236 g/mol.